The van der Waals surface area contributed by atoms with Crippen LogP contribution in [0.3, 0.4) is 0 Å². The molecular weight excluding hydrogens is 296 g/mol. The predicted molar refractivity (Wildman–Crippen MR) is 86.7 cm³/mol. The number of methoxy groups -OCH3 is 1. The molecule has 0 spiro atoms. The summed E-state index contributed by atoms with van der Waals surface area (Å²) in [6.07, 6.45) is 3.16. The molecule has 0 bridgehead atoms. The van der Waals surface area contributed by atoms with E-state index >= 15 is 0 Å². The van der Waals surface area contributed by atoms with Crippen molar-refractivity contribution in [3.8, 4) is 0 Å². The molecule has 1 amide bonds. The Labute approximate surface area is 137 Å². The molecule has 1 atom stereocenters. The highest BCUT2D eigenvalue weighted by atomic mass is 16.6. The second kappa shape index (κ2) is 5.91. The quantitative estimate of drug-likeness (QED) is 0.750. The zero-order chi connectivity index (χ0) is 17.4. The fraction of sp³-hybridized carbons (Fsp3) is 0.647. The van der Waals surface area contributed by atoms with Gasteiger partial charge in [-0.05, 0) is 32.4 Å². The smallest absolute Gasteiger partial charge is 0.410 e. The first-order valence-corrected chi connectivity index (χ1v) is 7.76. The van der Waals surface area contributed by atoms with Gasteiger partial charge in [-0.25, -0.2) is 9.59 Å². The molecule has 2 aliphatic heterocycles. The fourth-order valence-electron chi connectivity index (χ4n) is 3.02. The lowest BCUT2D eigenvalue weighted by atomic mass is 9.75. The molecule has 1 unspecified atom stereocenters. The molecule has 0 aromatic rings. The minimum Gasteiger partial charge on any atom is -0.465 e. The number of hydrogen-bond acceptors (Lipinski definition) is 5. The van der Waals surface area contributed by atoms with E-state index in [0.717, 1.165) is 5.57 Å². The number of ether oxygens (including phenoxy) is 2. The third-order valence-electron chi connectivity index (χ3n) is 3.94. The lowest BCUT2D eigenvalue weighted by Gasteiger charge is -2.47. The van der Waals surface area contributed by atoms with E-state index in [4.69, 9.17) is 9.47 Å². The largest absolute Gasteiger partial charge is 0.465 e. The molecule has 6 nitrogen and oxygen atoms in total. The standard InChI is InChI=1S/C17H26N2O4/c1-16(2,3)23-15(21)19-9-12-7-11(14(20)22-6)8-18-13(12)17(4,5)10-19/h7-8,13,18H,9-10H2,1-6H3. The number of likely N-dealkylation sites (tertiary alicyclic amines) is 1. The van der Waals surface area contributed by atoms with Crippen molar-refractivity contribution in [2.45, 2.75) is 46.3 Å². The molecule has 2 heterocycles. The minimum absolute atomic E-state index is 0.0783. The summed E-state index contributed by atoms with van der Waals surface area (Å²) in [5, 5.41) is 3.27. The lowest BCUT2D eigenvalue weighted by molar-refractivity contribution is -0.135. The van der Waals surface area contributed by atoms with Gasteiger partial charge in [0.1, 0.15) is 5.60 Å². The molecule has 1 fully saturated rings. The number of nitrogens with one attached hydrogen (secondary N) is 1. The maximum atomic E-state index is 12.4. The van der Waals surface area contributed by atoms with E-state index in [9.17, 15) is 9.59 Å². The Hall–Kier alpha value is -1.98. The first kappa shape index (κ1) is 17.4. The van der Waals surface area contributed by atoms with E-state index in [2.05, 4.69) is 19.2 Å². The summed E-state index contributed by atoms with van der Waals surface area (Å²) >= 11 is 0. The number of piperidine rings is 1. The summed E-state index contributed by atoms with van der Waals surface area (Å²) in [6.45, 7) is 10.7. The van der Waals surface area contributed by atoms with Gasteiger partial charge in [0.05, 0.1) is 18.7 Å². The molecular formula is C17H26N2O4. The second-order valence-corrected chi connectivity index (χ2v) is 7.74. The van der Waals surface area contributed by atoms with Crippen LogP contribution in [-0.4, -0.2) is 48.8 Å². The summed E-state index contributed by atoms with van der Waals surface area (Å²) in [6, 6.07) is 0.0783. The van der Waals surface area contributed by atoms with Crippen LogP contribution in [-0.2, 0) is 14.3 Å². The molecule has 0 saturated carbocycles. The van der Waals surface area contributed by atoms with Crippen molar-refractivity contribution in [1.82, 2.24) is 10.2 Å². The Morgan fingerprint density at radius 3 is 2.57 bits per heavy atom. The Balaban J connectivity index is 2.23. The van der Waals surface area contributed by atoms with Crippen molar-refractivity contribution in [3.05, 3.63) is 23.4 Å². The van der Waals surface area contributed by atoms with Gasteiger partial charge in [0.15, 0.2) is 0 Å². The van der Waals surface area contributed by atoms with Gasteiger partial charge in [0.25, 0.3) is 0 Å². The van der Waals surface area contributed by atoms with Gasteiger partial charge >= 0.3 is 12.1 Å². The molecule has 1 saturated heterocycles. The summed E-state index contributed by atoms with van der Waals surface area (Å²) in [5.74, 6) is -0.393. The van der Waals surface area contributed by atoms with Gasteiger partial charge in [-0.15, -0.1) is 0 Å². The van der Waals surface area contributed by atoms with Crippen molar-refractivity contribution in [3.63, 3.8) is 0 Å². The molecule has 23 heavy (non-hydrogen) atoms. The number of dihydropyridines is 1. The average molecular weight is 322 g/mol. The first-order chi connectivity index (χ1) is 10.5. The van der Waals surface area contributed by atoms with E-state index in [1.807, 2.05) is 26.8 Å². The van der Waals surface area contributed by atoms with E-state index in [1.54, 1.807) is 11.1 Å². The Bertz CT molecular complexity index is 570. The van der Waals surface area contributed by atoms with Crippen molar-refractivity contribution >= 4 is 12.1 Å². The molecule has 6 heteroatoms. The van der Waals surface area contributed by atoms with Crippen LogP contribution in [0.25, 0.3) is 0 Å². The number of carbonyl (C=O) groups excluding carboxylic acids is 2. The summed E-state index contributed by atoms with van der Waals surface area (Å²) in [4.78, 5) is 25.8. The van der Waals surface area contributed by atoms with Gasteiger partial charge < -0.3 is 19.7 Å². The van der Waals surface area contributed by atoms with Crippen LogP contribution in [0.5, 0.6) is 0 Å². The maximum absolute atomic E-state index is 12.4. The molecule has 1 N–H and O–H groups in total. The zero-order valence-corrected chi connectivity index (χ0v) is 14.7. The first-order valence-electron chi connectivity index (χ1n) is 7.76. The van der Waals surface area contributed by atoms with E-state index in [0.29, 0.717) is 18.7 Å². The van der Waals surface area contributed by atoms with Crippen molar-refractivity contribution in [2.75, 3.05) is 20.2 Å². The van der Waals surface area contributed by atoms with Gasteiger partial charge in [-0.1, -0.05) is 13.8 Å². The normalized spacial score (nSPS) is 23.0. The molecule has 0 aromatic heterocycles. The molecule has 128 valence electrons. The van der Waals surface area contributed by atoms with Crippen molar-refractivity contribution < 1.29 is 19.1 Å². The van der Waals surface area contributed by atoms with Crippen LogP contribution in [0.2, 0.25) is 0 Å². The lowest BCUT2D eigenvalue weighted by Crippen LogP contribution is -2.57. The Morgan fingerprint density at radius 2 is 2.00 bits per heavy atom. The summed E-state index contributed by atoms with van der Waals surface area (Å²) in [7, 11) is 1.35. The van der Waals surface area contributed by atoms with Gasteiger partial charge in [-0.2, -0.15) is 0 Å². The SMILES string of the molecule is COC(=O)C1=CNC2C(=C1)CN(C(=O)OC(C)(C)C)CC2(C)C. The summed E-state index contributed by atoms with van der Waals surface area (Å²) < 4.78 is 10.2. The average Bonchev–Trinajstić information content (AvgIpc) is 2.43. The molecule has 0 aromatic carbocycles. The van der Waals surface area contributed by atoms with Crippen LogP contribution >= 0.6 is 0 Å². The highest BCUT2D eigenvalue weighted by Crippen LogP contribution is 2.35. The van der Waals surface area contributed by atoms with Crippen molar-refractivity contribution in [1.29, 1.82) is 0 Å². The maximum Gasteiger partial charge on any atom is 0.410 e. The minimum atomic E-state index is -0.533. The number of rotatable bonds is 1. The number of fused-ring (bicyclic) bond motifs is 1. The Kier molecular flexibility index (Phi) is 4.46. The third-order valence-corrected chi connectivity index (χ3v) is 3.94. The highest BCUT2D eigenvalue weighted by Gasteiger charge is 2.42. The Morgan fingerprint density at radius 1 is 1.35 bits per heavy atom. The molecule has 0 radical (unpaired) electrons. The third kappa shape index (κ3) is 3.86. The number of amides is 1. The van der Waals surface area contributed by atoms with Crippen LogP contribution in [0.4, 0.5) is 4.79 Å². The number of hydrogen-bond donors (Lipinski definition) is 1. The molecule has 2 aliphatic rings. The topological polar surface area (TPSA) is 67.9 Å². The van der Waals surface area contributed by atoms with Gasteiger partial charge in [0, 0.05) is 24.7 Å². The number of esters is 1. The van der Waals surface area contributed by atoms with Crippen LogP contribution in [0.1, 0.15) is 34.6 Å². The van der Waals surface area contributed by atoms with Crippen LogP contribution < -0.4 is 5.32 Å². The molecule has 2 rings (SSSR count). The number of carbonyl (C=O) groups is 2. The zero-order valence-electron chi connectivity index (χ0n) is 14.7. The summed E-state index contributed by atoms with van der Waals surface area (Å²) in [5.41, 5.74) is 0.726. The van der Waals surface area contributed by atoms with Gasteiger partial charge in [-0.3, -0.25) is 0 Å². The monoisotopic (exact) mass is 322 g/mol. The molecule has 0 aliphatic carbocycles. The predicted octanol–water partition coefficient (Wildman–Crippen LogP) is 2.22. The van der Waals surface area contributed by atoms with Crippen LogP contribution in [0, 0.1) is 5.41 Å². The van der Waals surface area contributed by atoms with Gasteiger partial charge in [0.2, 0.25) is 0 Å². The van der Waals surface area contributed by atoms with Crippen LogP contribution in [0.15, 0.2) is 23.4 Å². The second-order valence-electron chi connectivity index (χ2n) is 7.74. The van der Waals surface area contributed by atoms with E-state index in [1.165, 1.54) is 7.11 Å². The highest BCUT2D eigenvalue weighted by molar-refractivity contribution is 5.92. The van der Waals surface area contributed by atoms with Crippen molar-refractivity contribution in [2.24, 2.45) is 5.41 Å². The van der Waals surface area contributed by atoms with E-state index in [-0.39, 0.29) is 17.6 Å². The number of nitrogens with zero attached hydrogens (tertiary/aromatic N) is 1. The van der Waals surface area contributed by atoms with E-state index < -0.39 is 11.6 Å². The fourth-order valence-corrected chi connectivity index (χ4v) is 3.02.